The van der Waals surface area contributed by atoms with Gasteiger partial charge in [-0.15, -0.1) is 0 Å². The van der Waals surface area contributed by atoms with Crippen molar-refractivity contribution < 1.29 is 14.5 Å². The second kappa shape index (κ2) is 7.24. The molecule has 2 aromatic carbocycles. The number of nitrogens with zero attached hydrogens (tertiary/aromatic N) is 3. The third kappa shape index (κ3) is 3.76. The van der Waals surface area contributed by atoms with Gasteiger partial charge in [-0.1, -0.05) is 12.1 Å². The predicted molar refractivity (Wildman–Crippen MR) is 97.9 cm³/mol. The molecule has 0 unspecified atom stereocenters. The highest BCUT2D eigenvalue weighted by atomic mass is 16.6. The molecule has 0 atom stereocenters. The van der Waals surface area contributed by atoms with Crippen molar-refractivity contribution in [3.8, 4) is 0 Å². The van der Waals surface area contributed by atoms with Crippen molar-refractivity contribution in [2.45, 2.75) is 13.3 Å². The smallest absolute Gasteiger partial charge is 0.272 e. The molecule has 3 aromatic rings. The van der Waals surface area contributed by atoms with Gasteiger partial charge in [-0.25, -0.2) is 4.98 Å². The molecule has 27 heavy (non-hydrogen) atoms. The molecule has 0 aliphatic rings. The molecule has 1 heterocycles. The number of carbonyl (C=O) groups excluding carboxylic acids is 2. The number of aromatic nitrogens is 2. The molecule has 1 aromatic heterocycles. The number of fused-ring (bicyclic) bond motifs is 1. The van der Waals surface area contributed by atoms with Gasteiger partial charge in [0.15, 0.2) is 0 Å². The van der Waals surface area contributed by atoms with E-state index < -0.39 is 16.7 Å². The zero-order valence-corrected chi connectivity index (χ0v) is 14.7. The number of aryl methyl sites for hydroxylation is 2. The number of imidazole rings is 1. The van der Waals surface area contributed by atoms with Gasteiger partial charge in [-0.05, 0) is 31.2 Å². The predicted octanol–water partition coefficient (Wildman–Crippen LogP) is 1.79. The van der Waals surface area contributed by atoms with Crippen LogP contribution in [0.5, 0.6) is 0 Å². The Morgan fingerprint density at radius 1 is 1.19 bits per heavy atom. The number of hydrazine groups is 1. The van der Waals surface area contributed by atoms with Gasteiger partial charge in [0.25, 0.3) is 11.6 Å². The third-order valence-corrected chi connectivity index (χ3v) is 4.17. The first-order valence-corrected chi connectivity index (χ1v) is 8.11. The molecule has 0 aliphatic heterocycles. The fourth-order valence-electron chi connectivity index (χ4n) is 2.74. The summed E-state index contributed by atoms with van der Waals surface area (Å²) >= 11 is 0. The molecule has 2 N–H and O–H groups in total. The van der Waals surface area contributed by atoms with Crippen LogP contribution in [0.4, 0.5) is 5.69 Å². The largest absolute Gasteiger partial charge is 0.331 e. The summed E-state index contributed by atoms with van der Waals surface area (Å²) in [7, 11) is 1.82. The van der Waals surface area contributed by atoms with E-state index in [0.29, 0.717) is 11.4 Å². The Balaban J connectivity index is 1.63. The summed E-state index contributed by atoms with van der Waals surface area (Å²) in [5.74, 6) is -0.430. The van der Waals surface area contributed by atoms with E-state index >= 15 is 0 Å². The van der Waals surface area contributed by atoms with Crippen LogP contribution in [-0.2, 0) is 18.3 Å². The lowest BCUT2D eigenvalue weighted by Gasteiger charge is -2.08. The first-order chi connectivity index (χ1) is 12.9. The average Bonchev–Trinajstić information content (AvgIpc) is 2.95. The highest BCUT2D eigenvalue weighted by molar-refractivity contribution is 5.96. The number of rotatable bonds is 4. The van der Waals surface area contributed by atoms with Crippen molar-refractivity contribution in [2.24, 2.45) is 7.05 Å². The molecule has 9 nitrogen and oxygen atoms in total. The van der Waals surface area contributed by atoms with Crippen LogP contribution in [0.25, 0.3) is 11.0 Å². The maximum Gasteiger partial charge on any atom is 0.272 e. The quantitative estimate of drug-likeness (QED) is 0.538. The van der Waals surface area contributed by atoms with E-state index in [0.717, 1.165) is 11.0 Å². The number of para-hydroxylation sites is 2. The monoisotopic (exact) mass is 367 g/mol. The Morgan fingerprint density at radius 3 is 2.59 bits per heavy atom. The van der Waals surface area contributed by atoms with Gasteiger partial charge in [-0.2, -0.15) is 0 Å². The molecule has 9 heteroatoms. The number of hydrogen-bond acceptors (Lipinski definition) is 5. The molecular formula is C18H17N5O4. The topological polar surface area (TPSA) is 119 Å². The maximum absolute atomic E-state index is 12.1. The maximum atomic E-state index is 12.1. The first kappa shape index (κ1) is 18.1. The van der Waals surface area contributed by atoms with Crippen molar-refractivity contribution >= 4 is 28.5 Å². The number of benzene rings is 2. The van der Waals surface area contributed by atoms with Gasteiger partial charge in [0.2, 0.25) is 5.91 Å². The van der Waals surface area contributed by atoms with Crippen molar-refractivity contribution in [1.82, 2.24) is 20.4 Å². The van der Waals surface area contributed by atoms with Gasteiger partial charge < -0.3 is 4.57 Å². The molecule has 0 radical (unpaired) electrons. The van der Waals surface area contributed by atoms with E-state index in [4.69, 9.17) is 0 Å². The van der Waals surface area contributed by atoms with E-state index in [1.54, 1.807) is 6.92 Å². The summed E-state index contributed by atoms with van der Waals surface area (Å²) in [6.45, 7) is 1.54. The number of amides is 2. The van der Waals surface area contributed by atoms with Gasteiger partial charge >= 0.3 is 0 Å². The second-order valence-electron chi connectivity index (χ2n) is 6.01. The van der Waals surface area contributed by atoms with Crippen LogP contribution in [0.2, 0.25) is 0 Å². The van der Waals surface area contributed by atoms with Crippen LogP contribution in [0.3, 0.4) is 0 Å². The van der Waals surface area contributed by atoms with Crippen LogP contribution in [0.1, 0.15) is 21.7 Å². The number of nitro groups is 1. The first-order valence-electron chi connectivity index (χ1n) is 8.11. The van der Waals surface area contributed by atoms with Crippen molar-refractivity contribution in [2.75, 3.05) is 0 Å². The fraction of sp³-hybridized carbons (Fsp3) is 0.167. The standard InChI is InChI=1S/C18H17N5O4/c1-11-9-12(7-8-14(11)23(26)27)18(25)21-20-17(24)10-16-19-13-5-3-4-6-15(13)22(16)2/h3-9H,10H2,1-2H3,(H,20,24)(H,21,25). The highest BCUT2D eigenvalue weighted by Gasteiger charge is 2.15. The summed E-state index contributed by atoms with van der Waals surface area (Å²) in [6, 6.07) is 11.5. The Bertz CT molecular complexity index is 1060. The minimum absolute atomic E-state index is 0.00918. The van der Waals surface area contributed by atoms with Gasteiger partial charge in [0.1, 0.15) is 5.82 Å². The van der Waals surface area contributed by atoms with Crippen LogP contribution in [0.15, 0.2) is 42.5 Å². The number of nitrogens with one attached hydrogen (secondary N) is 2. The van der Waals surface area contributed by atoms with Crippen molar-refractivity contribution in [3.63, 3.8) is 0 Å². The molecular weight excluding hydrogens is 350 g/mol. The van der Waals surface area contributed by atoms with Crippen LogP contribution in [-0.4, -0.2) is 26.3 Å². The molecule has 138 valence electrons. The van der Waals surface area contributed by atoms with Gasteiger partial charge in [-0.3, -0.25) is 30.6 Å². The van der Waals surface area contributed by atoms with Crippen molar-refractivity contribution in [3.05, 3.63) is 69.5 Å². The zero-order valence-electron chi connectivity index (χ0n) is 14.7. The Kier molecular flexibility index (Phi) is 4.84. The lowest BCUT2D eigenvalue weighted by Crippen LogP contribution is -2.42. The Morgan fingerprint density at radius 2 is 1.93 bits per heavy atom. The van der Waals surface area contributed by atoms with E-state index in [1.807, 2.05) is 35.9 Å². The molecule has 2 amide bonds. The molecule has 0 aliphatic carbocycles. The number of nitro benzene ring substituents is 1. The summed E-state index contributed by atoms with van der Waals surface area (Å²) in [5, 5.41) is 10.8. The van der Waals surface area contributed by atoms with Gasteiger partial charge in [0, 0.05) is 24.2 Å². The van der Waals surface area contributed by atoms with E-state index in [9.17, 15) is 19.7 Å². The lowest BCUT2D eigenvalue weighted by molar-refractivity contribution is -0.385. The van der Waals surface area contributed by atoms with Crippen LogP contribution >= 0.6 is 0 Å². The van der Waals surface area contributed by atoms with E-state index in [-0.39, 0.29) is 17.7 Å². The minimum Gasteiger partial charge on any atom is -0.331 e. The third-order valence-electron chi connectivity index (χ3n) is 4.17. The molecule has 0 saturated heterocycles. The van der Waals surface area contributed by atoms with Gasteiger partial charge in [0.05, 0.1) is 22.4 Å². The minimum atomic E-state index is -0.564. The molecule has 0 saturated carbocycles. The highest BCUT2D eigenvalue weighted by Crippen LogP contribution is 2.18. The molecule has 0 fully saturated rings. The summed E-state index contributed by atoms with van der Waals surface area (Å²) < 4.78 is 1.82. The summed E-state index contributed by atoms with van der Waals surface area (Å²) in [5.41, 5.74) is 6.83. The summed E-state index contributed by atoms with van der Waals surface area (Å²) in [4.78, 5) is 39.0. The van der Waals surface area contributed by atoms with Crippen LogP contribution in [0, 0.1) is 17.0 Å². The zero-order chi connectivity index (χ0) is 19.6. The fourth-order valence-corrected chi connectivity index (χ4v) is 2.74. The molecule has 0 spiro atoms. The normalized spacial score (nSPS) is 10.6. The number of hydrogen-bond donors (Lipinski definition) is 2. The Labute approximate surface area is 154 Å². The Hall–Kier alpha value is -3.75. The second-order valence-corrected chi connectivity index (χ2v) is 6.01. The van der Waals surface area contributed by atoms with E-state index in [2.05, 4.69) is 15.8 Å². The van der Waals surface area contributed by atoms with E-state index in [1.165, 1.54) is 18.2 Å². The number of carbonyl (C=O) groups is 2. The SMILES string of the molecule is Cc1cc(C(=O)NNC(=O)Cc2nc3ccccc3n2C)ccc1[N+](=O)[O-]. The molecule has 3 rings (SSSR count). The summed E-state index contributed by atoms with van der Waals surface area (Å²) in [6.07, 6.45) is -0.00918. The van der Waals surface area contributed by atoms with Crippen molar-refractivity contribution in [1.29, 1.82) is 0 Å². The lowest BCUT2D eigenvalue weighted by atomic mass is 10.1. The average molecular weight is 367 g/mol. The molecule has 0 bridgehead atoms. The van der Waals surface area contributed by atoms with Crippen LogP contribution < -0.4 is 10.9 Å².